The molecule has 0 aromatic rings. The molecule has 5 nitrogen and oxygen atoms in total. The van der Waals surface area contributed by atoms with Crippen molar-refractivity contribution in [2.45, 2.75) is 34.1 Å². The SMILES string of the molecule is CCOC(=O)C(C(=O)OCC)C(C=N)CC(C)C. The van der Waals surface area contributed by atoms with E-state index in [-0.39, 0.29) is 19.1 Å². The fourth-order valence-electron chi connectivity index (χ4n) is 1.75. The molecule has 1 N–H and O–H groups in total. The highest BCUT2D eigenvalue weighted by Crippen LogP contribution is 2.22. The molecule has 0 aliphatic carbocycles. The first kappa shape index (κ1) is 16.6. The van der Waals surface area contributed by atoms with Gasteiger partial charge in [0, 0.05) is 5.92 Å². The van der Waals surface area contributed by atoms with E-state index in [1.807, 2.05) is 13.8 Å². The van der Waals surface area contributed by atoms with E-state index in [0.29, 0.717) is 6.42 Å². The Balaban J connectivity index is 4.97. The molecule has 0 saturated carbocycles. The molecule has 0 saturated heterocycles. The number of rotatable bonds is 8. The molecule has 0 bridgehead atoms. The lowest BCUT2D eigenvalue weighted by Crippen LogP contribution is -2.35. The first-order chi connectivity index (χ1) is 8.47. The highest BCUT2D eigenvalue weighted by molar-refractivity contribution is 5.97. The monoisotopic (exact) mass is 257 g/mol. The lowest BCUT2D eigenvalue weighted by atomic mass is 9.86. The van der Waals surface area contributed by atoms with Crippen molar-refractivity contribution in [3.63, 3.8) is 0 Å². The predicted octanol–water partition coefficient (Wildman–Crippen LogP) is 2.04. The molecule has 0 aliphatic rings. The summed E-state index contributed by atoms with van der Waals surface area (Å²) in [6, 6.07) is 0. The molecule has 5 heteroatoms. The van der Waals surface area contributed by atoms with Crippen molar-refractivity contribution in [3.8, 4) is 0 Å². The van der Waals surface area contributed by atoms with Crippen molar-refractivity contribution in [2.75, 3.05) is 13.2 Å². The van der Waals surface area contributed by atoms with Gasteiger partial charge in [-0.25, -0.2) is 0 Å². The van der Waals surface area contributed by atoms with Gasteiger partial charge in [0.1, 0.15) is 0 Å². The van der Waals surface area contributed by atoms with Crippen LogP contribution in [0.25, 0.3) is 0 Å². The molecule has 0 spiro atoms. The number of hydrogen-bond donors (Lipinski definition) is 1. The number of nitrogens with one attached hydrogen (secondary N) is 1. The Kier molecular flexibility index (Phi) is 8.00. The Labute approximate surface area is 108 Å². The number of carbonyl (C=O) groups is 2. The van der Waals surface area contributed by atoms with Gasteiger partial charge in [0.2, 0.25) is 0 Å². The second kappa shape index (κ2) is 8.66. The van der Waals surface area contributed by atoms with E-state index in [4.69, 9.17) is 14.9 Å². The zero-order valence-corrected chi connectivity index (χ0v) is 11.6. The highest BCUT2D eigenvalue weighted by Gasteiger charge is 2.36. The molecule has 104 valence electrons. The number of hydrogen-bond acceptors (Lipinski definition) is 5. The van der Waals surface area contributed by atoms with Crippen LogP contribution in [0.15, 0.2) is 0 Å². The molecule has 0 heterocycles. The summed E-state index contributed by atoms with van der Waals surface area (Å²) in [7, 11) is 0. The normalized spacial score (nSPS) is 12.3. The van der Waals surface area contributed by atoms with E-state index >= 15 is 0 Å². The minimum absolute atomic E-state index is 0.209. The molecule has 0 rings (SSSR count). The maximum absolute atomic E-state index is 11.8. The van der Waals surface area contributed by atoms with Crippen LogP contribution in [0.1, 0.15) is 34.1 Å². The lowest BCUT2D eigenvalue weighted by Gasteiger charge is -2.22. The summed E-state index contributed by atoms with van der Waals surface area (Å²) < 4.78 is 9.79. The number of ether oxygens (including phenoxy) is 2. The van der Waals surface area contributed by atoms with Crippen molar-refractivity contribution >= 4 is 18.2 Å². The van der Waals surface area contributed by atoms with Gasteiger partial charge >= 0.3 is 11.9 Å². The van der Waals surface area contributed by atoms with Gasteiger partial charge in [-0.15, -0.1) is 0 Å². The minimum atomic E-state index is -1.02. The Morgan fingerprint density at radius 3 is 1.83 bits per heavy atom. The summed E-state index contributed by atoms with van der Waals surface area (Å²) in [5.74, 6) is -2.42. The lowest BCUT2D eigenvalue weighted by molar-refractivity contribution is -0.163. The molecule has 0 aromatic heterocycles. The Bertz CT molecular complexity index is 271. The first-order valence-electron chi connectivity index (χ1n) is 6.31. The third-order valence-electron chi connectivity index (χ3n) is 2.47. The van der Waals surface area contributed by atoms with Crippen LogP contribution in [0.3, 0.4) is 0 Å². The molecular formula is C13H23NO4. The third kappa shape index (κ3) is 5.29. The van der Waals surface area contributed by atoms with Crippen LogP contribution >= 0.6 is 0 Å². The van der Waals surface area contributed by atoms with Gasteiger partial charge in [0.15, 0.2) is 5.92 Å². The smallest absolute Gasteiger partial charge is 0.320 e. The molecular weight excluding hydrogens is 234 g/mol. The quantitative estimate of drug-likeness (QED) is 0.410. The highest BCUT2D eigenvalue weighted by atomic mass is 16.6. The molecule has 0 aliphatic heterocycles. The van der Waals surface area contributed by atoms with E-state index in [1.165, 1.54) is 0 Å². The van der Waals surface area contributed by atoms with Crippen LogP contribution < -0.4 is 0 Å². The molecule has 18 heavy (non-hydrogen) atoms. The van der Waals surface area contributed by atoms with Crippen molar-refractivity contribution in [2.24, 2.45) is 17.8 Å². The minimum Gasteiger partial charge on any atom is -0.465 e. The van der Waals surface area contributed by atoms with Gasteiger partial charge in [-0.05, 0) is 32.4 Å². The summed E-state index contributed by atoms with van der Waals surface area (Å²) in [5, 5.41) is 7.39. The predicted molar refractivity (Wildman–Crippen MR) is 68.5 cm³/mol. The van der Waals surface area contributed by atoms with Crippen LogP contribution in [0, 0.1) is 23.2 Å². The molecule has 1 atom stereocenters. The van der Waals surface area contributed by atoms with Gasteiger partial charge in [-0.1, -0.05) is 13.8 Å². The van der Waals surface area contributed by atoms with Crippen molar-refractivity contribution in [3.05, 3.63) is 0 Å². The Morgan fingerprint density at radius 2 is 1.56 bits per heavy atom. The van der Waals surface area contributed by atoms with E-state index < -0.39 is 23.8 Å². The second-order valence-electron chi connectivity index (χ2n) is 4.44. The van der Waals surface area contributed by atoms with Gasteiger partial charge in [0.25, 0.3) is 0 Å². The van der Waals surface area contributed by atoms with Crippen LogP contribution in [0.5, 0.6) is 0 Å². The van der Waals surface area contributed by atoms with Crippen molar-refractivity contribution in [1.29, 1.82) is 5.41 Å². The van der Waals surface area contributed by atoms with Crippen molar-refractivity contribution < 1.29 is 19.1 Å². The summed E-state index contributed by atoms with van der Waals surface area (Å²) in [4.78, 5) is 23.6. The summed E-state index contributed by atoms with van der Waals surface area (Å²) >= 11 is 0. The van der Waals surface area contributed by atoms with E-state index in [0.717, 1.165) is 6.21 Å². The zero-order chi connectivity index (χ0) is 14.1. The Hall–Kier alpha value is -1.39. The zero-order valence-electron chi connectivity index (χ0n) is 11.6. The van der Waals surface area contributed by atoms with Crippen molar-refractivity contribution in [1.82, 2.24) is 0 Å². The number of esters is 2. The van der Waals surface area contributed by atoms with Gasteiger partial charge < -0.3 is 14.9 Å². The molecule has 0 amide bonds. The Morgan fingerprint density at radius 1 is 1.11 bits per heavy atom. The standard InChI is InChI=1S/C13H23NO4/c1-5-17-12(15)11(13(16)18-6-2)10(8-14)7-9(3)4/h8-11,14H,5-7H2,1-4H3. The summed E-state index contributed by atoms with van der Waals surface area (Å²) in [6.07, 6.45) is 1.71. The average Bonchev–Trinajstić information content (AvgIpc) is 2.28. The van der Waals surface area contributed by atoms with E-state index in [9.17, 15) is 9.59 Å². The maximum atomic E-state index is 11.8. The first-order valence-corrected chi connectivity index (χ1v) is 6.31. The van der Waals surface area contributed by atoms with E-state index in [2.05, 4.69) is 0 Å². The largest absolute Gasteiger partial charge is 0.465 e. The van der Waals surface area contributed by atoms with Crippen LogP contribution in [0.4, 0.5) is 0 Å². The van der Waals surface area contributed by atoms with E-state index in [1.54, 1.807) is 13.8 Å². The fourth-order valence-corrected chi connectivity index (χ4v) is 1.75. The third-order valence-corrected chi connectivity index (χ3v) is 2.47. The average molecular weight is 257 g/mol. The molecule has 0 fully saturated rings. The van der Waals surface area contributed by atoms with Crippen LogP contribution in [0.2, 0.25) is 0 Å². The van der Waals surface area contributed by atoms with Gasteiger partial charge in [0.05, 0.1) is 13.2 Å². The number of carbonyl (C=O) groups excluding carboxylic acids is 2. The molecule has 0 aromatic carbocycles. The second-order valence-corrected chi connectivity index (χ2v) is 4.44. The summed E-state index contributed by atoms with van der Waals surface area (Å²) in [6.45, 7) is 7.74. The van der Waals surface area contributed by atoms with Crippen LogP contribution in [-0.2, 0) is 19.1 Å². The molecule has 1 unspecified atom stereocenters. The van der Waals surface area contributed by atoms with Gasteiger partial charge in [-0.3, -0.25) is 9.59 Å². The van der Waals surface area contributed by atoms with Crippen LogP contribution in [-0.4, -0.2) is 31.4 Å². The van der Waals surface area contributed by atoms with Gasteiger partial charge in [-0.2, -0.15) is 0 Å². The molecule has 0 radical (unpaired) electrons. The maximum Gasteiger partial charge on any atom is 0.320 e. The summed E-state index contributed by atoms with van der Waals surface area (Å²) in [5.41, 5.74) is 0. The fraction of sp³-hybridized carbons (Fsp3) is 0.769. The topological polar surface area (TPSA) is 76.5 Å².